The van der Waals surface area contributed by atoms with E-state index in [1.54, 1.807) is 29.0 Å². The fourth-order valence-electron chi connectivity index (χ4n) is 4.40. The molecule has 0 bridgehead atoms. The number of ether oxygens (including phenoxy) is 1. The van der Waals surface area contributed by atoms with Crippen molar-refractivity contribution in [2.75, 3.05) is 37.3 Å². The molecule has 1 amide bonds. The molecular weight excluding hydrogens is 442 g/mol. The van der Waals surface area contributed by atoms with Crippen molar-refractivity contribution in [3.8, 4) is 5.75 Å². The largest absolute Gasteiger partial charge is 0.491 e. The fourth-order valence-corrected chi connectivity index (χ4v) is 4.40. The average molecular weight is 476 g/mol. The van der Waals surface area contributed by atoms with Crippen molar-refractivity contribution in [3.63, 3.8) is 0 Å². The molecular formula is C26H33N7O2. The summed E-state index contributed by atoms with van der Waals surface area (Å²) in [6, 6.07) is 5.70. The molecule has 3 heterocycles. The van der Waals surface area contributed by atoms with Gasteiger partial charge in [0.15, 0.2) is 5.65 Å². The number of aliphatic imine (C=N–C) groups is 1. The highest BCUT2D eigenvalue weighted by atomic mass is 16.5. The van der Waals surface area contributed by atoms with Gasteiger partial charge in [-0.1, -0.05) is 6.92 Å². The third-order valence-electron chi connectivity index (χ3n) is 6.65. The van der Waals surface area contributed by atoms with Crippen LogP contribution in [0.3, 0.4) is 0 Å². The molecule has 1 aliphatic carbocycles. The van der Waals surface area contributed by atoms with Crippen LogP contribution in [-0.4, -0.2) is 63.9 Å². The Morgan fingerprint density at radius 1 is 1.29 bits per heavy atom. The molecule has 1 aromatic carbocycles. The molecule has 0 unspecified atom stereocenters. The number of fused-ring (bicyclic) bond motifs is 1. The van der Waals surface area contributed by atoms with Crippen molar-refractivity contribution < 1.29 is 9.53 Å². The monoisotopic (exact) mass is 475 g/mol. The van der Waals surface area contributed by atoms with Gasteiger partial charge in [-0.3, -0.25) is 9.79 Å². The van der Waals surface area contributed by atoms with E-state index in [4.69, 9.17) is 15.5 Å². The van der Waals surface area contributed by atoms with E-state index in [0.717, 1.165) is 38.0 Å². The average Bonchev–Trinajstić information content (AvgIpc) is 3.60. The minimum absolute atomic E-state index is 0.288. The molecule has 2 aliphatic rings. The van der Waals surface area contributed by atoms with Crippen molar-refractivity contribution in [2.45, 2.75) is 45.1 Å². The number of benzene rings is 1. The number of aromatic nitrogens is 3. The Kier molecular flexibility index (Phi) is 6.94. The molecule has 2 fully saturated rings. The molecule has 3 aromatic rings. The minimum atomic E-state index is -0.300. The highest BCUT2D eigenvalue weighted by molar-refractivity contribution is 6.09. The first-order valence-corrected chi connectivity index (χ1v) is 12.5. The molecule has 0 spiro atoms. The lowest BCUT2D eigenvalue weighted by Crippen LogP contribution is -2.35. The SMILES string of the molecule is CCCN1CCC(N=Cc2cc(NC(=O)c3cnn4cccnc34)c(OCC3CC3)cc2N)CC1. The molecule has 0 radical (unpaired) electrons. The maximum Gasteiger partial charge on any atom is 0.261 e. The first-order chi connectivity index (χ1) is 17.1. The van der Waals surface area contributed by atoms with Crippen molar-refractivity contribution >= 4 is 29.1 Å². The molecule has 2 aromatic heterocycles. The van der Waals surface area contributed by atoms with Gasteiger partial charge < -0.3 is 20.7 Å². The van der Waals surface area contributed by atoms with E-state index in [2.05, 4.69) is 27.2 Å². The molecule has 9 nitrogen and oxygen atoms in total. The van der Waals surface area contributed by atoms with Gasteiger partial charge in [-0.25, -0.2) is 9.50 Å². The van der Waals surface area contributed by atoms with Crippen LogP contribution in [0.5, 0.6) is 5.75 Å². The highest BCUT2D eigenvalue weighted by Crippen LogP contribution is 2.34. The number of nitrogen functional groups attached to an aromatic ring is 1. The van der Waals surface area contributed by atoms with E-state index in [1.807, 2.05) is 12.3 Å². The third kappa shape index (κ3) is 5.62. The Labute approximate surface area is 205 Å². The Bertz CT molecular complexity index is 1210. The number of nitrogens with one attached hydrogen (secondary N) is 1. The number of rotatable bonds is 9. The number of likely N-dealkylation sites (tertiary alicyclic amines) is 1. The lowest BCUT2D eigenvalue weighted by atomic mass is 10.1. The number of nitrogens with two attached hydrogens (primary N) is 1. The smallest absolute Gasteiger partial charge is 0.261 e. The summed E-state index contributed by atoms with van der Waals surface area (Å²) in [5.41, 5.74) is 9.19. The third-order valence-corrected chi connectivity index (χ3v) is 6.65. The Balaban J connectivity index is 1.35. The number of hydrogen-bond donors (Lipinski definition) is 2. The number of hydrogen-bond acceptors (Lipinski definition) is 7. The van der Waals surface area contributed by atoms with E-state index in [-0.39, 0.29) is 11.9 Å². The van der Waals surface area contributed by atoms with Crippen LogP contribution in [-0.2, 0) is 0 Å². The number of nitrogens with zero attached hydrogens (tertiary/aromatic N) is 5. The number of anilines is 2. The quantitative estimate of drug-likeness (QED) is 0.361. The van der Waals surface area contributed by atoms with Crippen LogP contribution in [0, 0.1) is 5.92 Å². The molecule has 35 heavy (non-hydrogen) atoms. The number of carbonyl (C=O) groups is 1. The predicted molar refractivity (Wildman–Crippen MR) is 137 cm³/mol. The van der Waals surface area contributed by atoms with E-state index >= 15 is 0 Å². The van der Waals surface area contributed by atoms with Crippen LogP contribution in [0.4, 0.5) is 11.4 Å². The molecule has 184 valence electrons. The second-order valence-corrected chi connectivity index (χ2v) is 9.48. The van der Waals surface area contributed by atoms with E-state index in [9.17, 15) is 4.79 Å². The summed E-state index contributed by atoms with van der Waals surface area (Å²) in [4.78, 5) is 24.8. The normalized spacial score (nSPS) is 17.3. The van der Waals surface area contributed by atoms with Gasteiger partial charge in [0.1, 0.15) is 11.3 Å². The van der Waals surface area contributed by atoms with Gasteiger partial charge in [-0.2, -0.15) is 5.10 Å². The Morgan fingerprint density at radius 3 is 2.89 bits per heavy atom. The molecule has 5 rings (SSSR count). The van der Waals surface area contributed by atoms with Crippen LogP contribution in [0.25, 0.3) is 5.65 Å². The van der Waals surface area contributed by atoms with Crippen molar-refractivity contribution in [2.24, 2.45) is 10.9 Å². The zero-order chi connectivity index (χ0) is 24.2. The zero-order valence-electron chi connectivity index (χ0n) is 20.2. The highest BCUT2D eigenvalue weighted by Gasteiger charge is 2.24. The second kappa shape index (κ2) is 10.4. The topological polar surface area (TPSA) is 110 Å². The summed E-state index contributed by atoms with van der Waals surface area (Å²) in [6.07, 6.45) is 12.4. The van der Waals surface area contributed by atoms with Crippen LogP contribution in [0.2, 0.25) is 0 Å². The van der Waals surface area contributed by atoms with Crippen LogP contribution < -0.4 is 15.8 Å². The molecule has 1 saturated carbocycles. The van der Waals surface area contributed by atoms with E-state index in [1.165, 1.54) is 25.5 Å². The van der Waals surface area contributed by atoms with Gasteiger partial charge in [-0.05, 0) is 56.7 Å². The lowest BCUT2D eigenvalue weighted by Gasteiger charge is -2.29. The van der Waals surface area contributed by atoms with Crippen LogP contribution in [0.1, 0.15) is 54.9 Å². The van der Waals surface area contributed by atoms with Crippen molar-refractivity contribution in [3.05, 3.63) is 47.9 Å². The lowest BCUT2D eigenvalue weighted by molar-refractivity contribution is 0.102. The zero-order valence-corrected chi connectivity index (χ0v) is 20.2. The van der Waals surface area contributed by atoms with Gasteiger partial charge >= 0.3 is 0 Å². The Morgan fingerprint density at radius 2 is 2.11 bits per heavy atom. The van der Waals surface area contributed by atoms with Gasteiger partial charge in [0.25, 0.3) is 5.91 Å². The summed E-state index contributed by atoms with van der Waals surface area (Å²) < 4.78 is 7.63. The first-order valence-electron chi connectivity index (χ1n) is 12.5. The molecule has 1 saturated heterocycles. The van der Waals surface area contributed by atoms with Gasteiger partial charge in [0.2, 0.25) is 0 Å². The standard InChI is InChI=1S/C26H33N7O2/c1-2-9-32-11-6-20(7-12-32)29-15-19-13-23(24(14-22(19)27)35-17-18-4-5-18)31-26(34)21-16-30-33-10-3-8-28-25(21)33/h3,8,10,13-16,18,20H,2,4-7,9,11-12,17,27H2,1H3,(H,31,34). The number of amides is 1. The first kappa shape index (κ1) is 23.3. The number of piperidine rings is 1. The number of carbonyl (C=O) groups excluding carboxylic acids is 1. The summed E-state index contributed by atoms with van der Waals surface area (Å²) >= 11 is 0. The second-order valence-electron chi connectivity index (χ2n) is 9.48. The summed E-state index contributed by atoms with van der Waals surface area (Å²) in [5, 5.41) is 7.21. The predicted octanol–water partition coefficient (Wildman–Crippen LogP) is 3.65. The van der Waals surface area contributed by atoms with Crippen LogP contribution >= 0.6 is 0 Å². The summed E-state index contributed by atoms with van der Waals surface area (Å²) in [6.45, 7) is 6.14. The minimum Gasteiger partial charge on any atom is -0.491 e. The van der Waals surface area contributed by atoms with E-state index < -0.39 is 0 Å². The molecule has 0 atom stereocenters. The summed E-state index contributed by atoms with van der Waals surface area (Å²) in [5.74, 6) is 0.839. The maximum atomic E-state index is 13.1. The molecule has 1 aliphatic heterocycles. The van der Waals surface area contributed by atoms with Gasteiger partial charge in [-0.15, -0.1) is 0 Å². The van der Waals surface area contributed by atoms with E-state index in [0.29, 0.717) is 40.9 Å². The van der Waals surface area contributed by atoms with Crippen molar-refractivity contribution in [1.29, 1.82) is 0 Å². The van der Waals surface area contributed by atoms with Gasteiger partial charge in [0.05, 0.1) is 24.5 Å². The van der Waals surface area contributed by atoms with Crippen molar-refractivity contribution in [1.82, 2.24) is 19.5 Å². The molecule has 9 heteroatoms. The Hall–Kier alpha value is -3.46. The van der Waals surface area contributed by atoms with Gasteiger partial charge in [0, 0.05) is 49.0 Å². The fraction of sp³-hybridized carbons (Fsp3) is 0.462. The molecule has 3 N–H and O–H groups in total. The maximum absolute atomic E-state index is 13.1. The summed E-state index contributed by atoms with van der Waals surface area (Å²) in [7, 11) is 0. The van der Waals surface area contributed by atoms with Crippen LogP contribution in [0.15, 0.2) is 41.8 Å².